The fraction of sp³-hybridized carbons (Fsp3) is 0.353. The molecule has 1 fully saturated rings. The van der Waals surface area contributed by atoms with Crippen LogP contribution in [0.3, 0.4) is 0 Å². The van der Waals surface area contributed by atoms with Crippen LogP contribution in [0.1, 0.15) is 40.5 Å². The van der Waals surface area contributed by atoms with Gasteiger partial charge in [0.1, 0.15) is 0 Å². The van der Waals surface area contributed by atoms with Gasteiger partial charge in [-0.15, -0.1) is 5.10 Å². The molecule has 1 aromatic heterocycles. The zero-order valence-electron chi connectivity index (χ0n) is 26.1. The zero-order valence-corrected chi connectivity index (χ0v) is 27.8. The number of rotatable bonds is 10. The second-order valence-electron chi connectivity index (χ2n) is 12.7. The molecule has 3 aromatic carbocycles. The normalized spacial score (nSPS) is 22.4. The van der Waals surface area contributed by atoms with Crippen LogP contribution < -0.4 is 10.2 Å². The molecule has 6 rings (SSSR count). The molecule has 10 nitrogen and oxygen atoms in total. The first-order valence-electron chi connectivity index (χ1n) is 15.5. The molecule has 240 valence electrons. The molecule has 2 aliphatic rings. The molecule has 4 aromatic rings. The van der Waals surface area contributed by atoms with Crippen molar-refractivity contribution in [3.63, 3.8) is 0 Å². The number of anilines is 2. The van der Waals surface area contributed by atoms with E-state index in [2.05, 4.69) is 15.6 Å². The van der Waals surface area contributed by atoms with Crippen molar-refractivity contribution in [3.05, 3.63) is 106 Å². The van der Waals surface area contributed by atoms with E-state index in [0.29, 0.717) is 53.5 Å². The number of carbonyl (C=O) groups excluding carboxylic acids is 2. The van der Waals surface area contributed by atoms with Gasteiger partial charge in [-0.2, -0.15) is 0 Å². The van der Waals surface area contributed by atoms with Gasteiger partial charge in [0.15, 0.2) is 13.9 Å². The summed E-state index contributed by atoms with van der Waals surface area (Å²) >= 11 is 6.53. The van der Waals surface area contributed by atoms with E-state index in [1.54, 1.807) is 34.0 Å². The largest absolute Gasteiger partial charge is 0.432 e. The fourth-order valence-corrected chi connectivity index (χ4v) is 9.86. The summed E-state index contributed by atoms with van der Waals surface area (Å²) in [5.74, 6) is -0.706. The van der Waals surface area contributed by atoms with E-state index in [0.717, 1.165) is 11.3 Å². The quantitative estimate of drug-likeness (QED) is 0.201. The molecule has 4 atom stereocenters. The summed E-state index contributed by atoms with van der Waals surface area (Å²) in [4.78, 5) is 40.5. The Hall–Kier alpha value is -3.87. The summed E-state index contributed by atoms with van der Waals surface area (Å²) in [7, 11) is -2.84. The molecular weight excluding hydrogens is 622 g/mol. The smallest absolute Gasteiger partial charge is 0.264 e. The third kappa shape index (κ3) is 6.01. The first-order chi connectivity index (χ1) is 22.0. The average molecular weight is 660 g/mol. The van der Waals surface area contributed by atoms with Gasteiger partial charge in [0.2, 0.25) is 0 Å². The molecular formula is C34H38ClN5O5Si. The van der Waals surface area contributed by atoms with Crippen molar-refractivity contribution in [2.45, 2.75) is 63.2 Å². The molecule has 0 unspecified atom stereocenters. The van der Waals surface area contributed by atoms with Crippen LogP contribution in [-0.4, -0.2) is 57.7 Å². The lowest BCUT2D eigenvalue weighted by Crippen LogP contribution is -2.46. The maximum Gasteiger partial charge on any atom is 0.264 e. The number of ether oxygens (including phenoxy) is 1. The summed E-state index contributed by atoms with van der Waals surface area (Å²) < 4.78 is 8.59. The number of carbonyl (C=O) groups is 2. The monoisotopic (exact) mass is 659 g/mol. The molecule has 1 spiro atoms. The lowest BCUT2D eigenvalue weighted by molar-refractivity contribution is -0.146. The standard InChI is InChI=1S/C34H38ClN5O5Si/c1-22-31(46(2,3)44)30(15-17-39-21-27(16-18-41)37-38-39)45-34(22)28-19-25(35)11-14-29(28)40(33(34)43)20-23-9-12-26(13-10-23)36-32(42)24-7-5-4-6-8-24/h4-14,19,21-22,30-31,41,44H,15-18,20H2,1-3H3,(H,36,42)/t22-,30+,31-,34+/m1/s1. The molecule has 2 aliphatic heterocycles. The van der Waals surface area contributed by atoms with Crippen molar-refractivity contribution in [2.75, 3.05) is 16.8 Å². The van der Waals surface area contributed by atoms with Crippen LogP contribution in [0.2, 0.25) is 23.7 Å². The molecule has 3 heterocycles. The predicted molar refractivity (Wildman–Crippen MR) is 178 cm³/mol. The molecule has 0 saturated carbocycles. The predicted octanol–water partition coefficient (Wildman–Crippen LogP) is 5.15. The average Bonchev–Trinajstić information content (AvgIpc) is 3.67. The first-order valence-corrected chi connectivity index (χ1v) is 18.9. The Morgan fingerprint density at radius 1 is 1.11 bits per heavy atom. The zero-order chi connectivity index (χ0) is 32.6. The van der Waals surface area contributed by atoms with Crippen molar-refractivity contribution in [3.8, 4) is 0 Å². The molecule has 46 heavy (non-hydrogen) atoms. The lowest BCUT2D eigenvalue weighted by atomic mass is 9.82. The number of hydrogen-bond acceptors (Lipinski definition) is 7. The van der Waals surface area contributed by atoms with Gasteiger partial charge in [0.05, 0.1) is 24.0 Å². The number of aliphatic hydroxyl groups is 1. The number of aromatic nitrogens is 3. The van der Waals surface area contributed by atoms with Crippen LogP contribution in [0.5, 0.6) is 0 Å². The van der Waals surface area contributed by atoms with Crippen LogP contribution >= 0.6 is 11.6 Å². The minimum Gasteiger partial charge on any atom is -0.432 e. The lowest BCUT2D eigenvalue weighted by Gasteiger charge is -2.32. The molecule has 1 saturated heterocycles. The van der Waals surface area contributed by atoms with E-state index in [1.165, 1.54) is 0 Å². The SMILES string of the molecule is C[C@@H]1[C@@H]([Si](C)(C)O)[C@H](CCn2cc(CCO)nn2)O[C@@]12C(=O)N(Cc1ccc(NC(=O)c3ccccc3)cc1)c1ccc(Cl)cc12. The van der Waals surface area contributed by atoms with Crippen molar-refractivity contribution >= 4 is 43.1 Å². The molecule has 3 N–H and O–H groups in total. The Morgan fingerprint density at radius 3 is 2.54 bits per heavy atom. The topological polar surface area (TPSA) is 130 Å². The second-order valence-corrected chi connectivity index (χ2v) is 17.1. The highest BCUT2D eigenvalue weighted by Crippen LogP contribution is 2.60. The minimum absolute atomic E-state index is 0.00755. The molecule has 12 heteroatoms. The summed E-state index contributed by atoms with van der Waals surface area (Å²) in [5.41, 5.74) is 2.68. The highest BCUT2D eigenvalue weighted by molar-refractivity contribution is 6.71. The van der Waals surface area contributed by atoms with E-state index in [9.17, 15) is 19.5 Å². The van der Waals surface area contributed by atoms with Crippen LogP contribution in [0.4, 0.5) is 11.4 Å². The number of halogens is 1. The highest BCUT2D eigenvalue weighted by atomic mass is 35.5. The number of amides is 2. The van der Waals surface area contributed by atoms with Crippen LogP contribution in [0.15, 0.2) is 79.0 Å². The van der Waals surface area contributed by atoms with Gasteiger partial charge in [-0.05, 0) is 67.5 Å². The fourth-order valence-electron chi connectivity index (χ4n) is 7.08. The number of hydrogen-bond donors (Lipinski definition) is 3. The Labute approximate surface area is 274 Å². The number of nitrogens with zero attached hydrogens (tertiary/aromatic N) is 4. The molecule has 0 bridgehead atoms. The Kier molecular flexibility index (Phi) is 8.88. The van der Waals surface area contributed by atoms with Crippen molar-refractivity contribution < 1.29 is 24.2 Å². The van der Waals surface area contributed by atoms with E-state index in [4.69, 9.17) is 16.3 Å². The Bertz CT molecular complexity index is 1730. The Morgan fingerprint density at radius 2 is 1.85 bits per heavy atom. The minimum atomic E-state index is -2.84. The van der Waals surface area contributed by atoms with E-state index < -0.39 is 20.0 Å². The number of aryl methyl sites for hydroxylation is 1. The van der Waals surface area contributed by atoms with Gasteiger partial charge in [-0.3, -0.25) is 14.3 Å². The van der Waals surface area contributed by atoms with Crippen molar-refractivity contribution in [1.29, 1.82) is 0 Å². The van der Waals surface area contributed by atoms with Crippen LogP contribution in [-0.2, 0) is 34.6 Å². The highest BCUT2D eigenvalue weighted by Gasteiger charge is 2.66. The van der Waals surface area contributed by atoms with E-state index in [1.807, 2.05) is 74.6 Å². The molecule has 0 aliphatic carbocycles. The third-order valence-corrected chi connectivity index (χ3v) is 11.9. The van der Waals surface area contributed by atoms with Crippen molar-refractivity contribution in [1.82, 2.24) is 15.0 Å². The first kappa shape index (κ1) is 32.1. The second kappa shape index (κ2) is 12.7. The van der Waals surface area contributed by atoms with Crippen molar-refractivity contribution in [2.24, 2.45) is 5.92 Å². The summed E-state index contributed by atoms with van der Waals surface area (Å²) in [5, 5.41) is 21.0. The third-order valence-electron chi connectivity index (χ3n) is 9.13. The van der Waals surface area contributed by atoms with E-state index in [-0.39, 0.29) is 29.9 Å². The van der Waals surface area contributed by atoms with Crippen LogP contribution in [0.25, 0.3) is 0 Å². The van der Waals surface area contributed by atoms with E-state index >= 15 is 0 Å². The molecule has 2 amide bonds. The van der Waals surface area contributed by atoms with Gasteiger partial charge in [0.25, 0.3) is 11.8 Å². The number of nitrogens with one attached hydrogen (secondary N) is 1. The maximum absolute atomic E-state index is 14.6. The number of fused-ring (bicyclic) bond motifs is 2. The van der Waals surface area contributed by atoms with Gasteiger partial charge in [0, 0.05) is 59.1 Å². The maximum atomic E-state index is 14.6. The summed E-state index contributed by atoms with van der Waals surface area (Å²) in [6.45, 7) is 6.56. The number of benzene rings is 3. The van der Waals surface area contributed by atoms with Gasteiger partial charge in [-0.25, -0.2) is 0 Å². The van der Waals surface area contributed by atoms with Gasteiger partial charge in [-0.1, -0.05) is 54.1 Å². The molecule has 0 radical (unpaired) electrons. The summed E-state index contributed by atoms with van der Waals surface area (Å²) in [6, 6.07) is 21.9. The van der Waals surface area contributed by atoms with Gasteiger partial charge < -0.3 is 24.9 Å². The summed E-state index contributed by atoms with van der Waals surface area (Å²) in [6.07, 6.45) is 2.34. The van der Waals surface area contributed by atoms with Crippen LogP contribution in [0, 0.1) is 5.92 Å². The van der Waals surface area contributed by atoms with Gasteiger partial charge >= 0.3 is 0 Å². The number of aliphatic hydroxyl groups excluding tert-OH is 1. The Balaban J connectivity index is 1.26.